The van der Waals surface area contributed by atoms with Gasteiger partial charge in [-0.05, 0) is 24.0 Å². The maximum absolute atomic E-state index is 12.5. The molecule has 0 bridgehead atoms. The van der Waals surface area contributed by atoms with Gasteiger partial charge in [-0.3, -0.25) is 9.59 Å². The lowest BCUT2D eigenvalue weighted by Crippen LogP contribution is -2.34. The van der Waals surface area contributed by atoms with Crippen LogP contribution in [0.2, 0.25) is 0 Å². The van der Waals surface area contributed by atoms with E-state index in [0.717, 1.165) is 5.56 Å². The summed E-state index contributed by atoms with van der Waals surface area (Å²) >= 11 is 0. The van der Waals surface area contributed by atoms with Gasteiger partial charge in [-0.1, -0.05) is 39.0 Å². The van der Waals surface area contributed by atoms with E-state index in [4.69, 9.17) is 4.74 Å². The fourth-order valence-electron chi connectivity index (χ4n) is 2.00. The molecular formula is C16H23NO3. The number of carbonyl (C=O) groups is 2. The van der Waals surface area contributed by atoms with Crippen molar-refractivity contribution in [3.63, 3.8) is 0 Å². The molecule has 1 aromatic carbocycles. The third-order valence-corrected chi connectivity index (χ3v) is 2.98. The first-order valence-corrected chi connectivity index (χ1v) is 6.78. The number of rotatable bonds is 4. The molecule has 1 rings (SSSR count). The fraction of sp³-hybridized carbons (Fsp3) is 0.500. The topological polar surface area (TPSA) is 46.6 Å². The molecule has 0 heterocycles. The number of amides is 1. The van der Waals surface area contributed by atoms with Gasteiger partial charge in [0.1, 0.15) is 6.54 Å². The summed E-state index contributed by atoms with van der Waals surface area (Å²) in [4.78, 5) is 25.3. The van der Waals surface area contributed by atoms with Gasteiger partial charge in [0.05, 0.1) is 6.61 Å². The molecule has 0 aromatic heterocycles. The van der Waals surface area contributed by atoms with E-state index >= 15 is 0 Å². The Bertz CT molecular complexity index is 489. The van der Waals surface area contributed by atoms with Crippen LogP contribution in [0.5, 0.6) is 0 Å². The summed E-state index contributed by atoms with van der Waals surface area (Å²) < 4.78 is 4.86. The molecule has 0 unspecified atom stereocenters. The van der Waals surface area contributed by atoms with Crippen LogP contribution < -0.4 is 0 Å². The van der Waals surface area contributed by atoms with Crippen LogP contribution in [0.25, 0.3) is 0 Å². The number of hydrogen-bond acceptors (Lipinski definition) is 3. The van der Waals surface area contributed by atoms with Crippen molar-refractivity contribution >= 4 is 11.9 Å². The Hall–Kier alpha value is -1.84. The van der Waals surface area contributed by atoms with Gasteiger partial charge in [0.15, 0.2) is 0 Å². The Morgan fingerprint density at radius 1 is 1.20 bits per heavy atom. The second-order valence-corrected chi connectivity index (χ2v) is 5.76. The van der Waals surface area contributed by atoms with Crippen LogP contribution in [-0.2, 0) is 14.9 Å². The standard InChI is InChI=1S/C16H23NO3/c1-6-20-14(18)11-17(5)15(19)12-9-7-8-10-13(12)16(2,3)4/h7-10H,6,11H2,1-5H3. The van der Waals surface area contributed by atoms with Gasteiger partial charge in [0.25, 0.3) is 5.91 Å². The summed E-state index contributed by atoms with van der Waals surface area (Å²) in [5.41, 5.74) is 1.48. The molecule has 0 spiro atoms. The van der Waals surface area contributed by atoms with Gasteiger partial charge in [-0.25, -0.2) is 0 Å². The molecule has 0 atom stereocenters. The van der Waals surface area contributed by atoms with E-state index in [-0.39, 0.29) is 17.9 Å². The number of esters is 1. The van der Waals surface area contributed by atoms with Gasteiger partial charge in [0.2, 0.25) is 0 Å². The maximum atomic E-state index is 12.5. The summed E-state index contributed by atoms with van der Waals surface area (Å²) in [6.45, 7) is 8.21. The second kappa shape index (κ2) is 6.55. The zero-order chi connectivity index (χ0) is 15.3. The number of likely N-dealkylation sites (N-methyl/N-ethyl adjacent to an activating group) is 1. The van der Waals surface area contributed by atoms with Crippen LogP contribution in [0.4, 0.5) is 0 Å². The Balaban J connectivity index is 2.95. The molecule has 0 aliphatic heterocycles. The molecular weight excluding hydrogens is 254 g/mol. The molecule has 0 aliphatic rings. The zero-order valence-corrected chi connectivity index (χ0v) is 12.9. The van der Waals surface area contributed by atoms with Gasteiger partial charge in [-0.15, -0.1) is 0 Å². The van der Waals surface area contributed by atoms with Crippen LogP contribution in [0, 0.1) is 0 Å². The SMILES string of the molecule is CCOC(=O)CN(C)C(=O)c1ccccc1C(C)(C)C. The number of ether oxygens (including phenoxy) is 1. The zero-order valence-electron chi connectivity index (χ0n) is 12.9. The van der Waals surface area contributed by atoms with Crippen molar-refractivity contribution in [1.29, 1.82) is 0 Å². The summed E-state index contributed by atoms with van der Waals surface area (Å²) in [6.07, 6.45) is 0. The highest BCUT2D eigenvalue weighted by atomic mass is 16.5. The first-order valence-electron chi connectivity index (χ1n) is 6.78. The minimum absolute atomic E-state index is 0.0366. The fourth-order valence-corrected chi connectivity index (χ4v) is 2.00. The monoisotopic (exact) mass is 277 g/mol. The van der Waals surface area contributed by atoms with Crippen molar-refractivity contribution < 1.29 is 14.3 Å². The molecule has 110 valence electrons. The quantitative estimate of drug-likeness (QED) is 0.795. The van der Waals surface area contributed by atoms with Crippen molar-refractivity contribution in [3.8, 4) is 0 Å². The van der Waals surface area contributed by atoms with Crippen LogP contribution in [0.1, 0.15) is 43.6 Å². The number of carbonyl (C=O) groups excluding carboxylic acids is 2. The third-order valence-electron chi connectivity index (χ3n) is 2.98. The lowest BCUT2D eigenvalue weighted by Gasteiger charge is -2.24. The molecule has 0 saturated carbocycles. The van der Waals surface area contributed by atoms with Gasteiger partial charge in [0, 0.05) is 12.6 Å². The highest BCUT2D eigenvalue weighted by Gasteiger charge is 2.24. The van der Waals surface area contributed by atoms with Crippen LogP contribution in [0.3, 0.4) is 0 Å². The van der Waals surface area contributed by atoms with E-state index in [1.54, 1.807) is 20.0 Å². The van der Waals surface area contributed by atoms with Gasteiger partial charge >= 0.3 is 5.97 Å². The van der Waals surface area contributed by atoms with E-state index in [2.05, 4.69) is 20.8 Å². The predicted octanol–water partition coefficient (Wildman–Crippen LogP) is 2.62. The molecule has 20 heavy (non-hydrogen) atoms. The van der Waals surface area contributed by atoms with Crippen molar-refractivity contribution in [2.45, 2.75) is 33.1 Å². The molecule has 0 aliphatic carbocycles. The van der Waals surface area contributed by atoms with E-state index in [9.17, 15) is 9.59 Å². The van der Waals surface area contributed by atoms with E-state index < -0.39 is 5.97 Å². The molecule has 4 heteroatoms. The van der Waals surface area contributed by atoms with E-state index in [1.807, 2.05) is 18.2 Å². The average molecular weight is 277 g/mol. The van der Waals surface area contributed by atoms with Gasteiger partial charge < -0.3 is 9.64 Å². The van der Waals surface area contributed by atoms with Crippen molar-refractivity contribution in [2.24, 2.45) is 0 Å². The lowest BCUT2D eigenvalue weighted by molar-refractivity contribution is -0.143. The summed E-state index contributed by atoms with van der Waals surface area (Å²) in [5.74, 6) is -0.555. The van der Waals surface area contributed by atoms with Crippen molar-refractivity contribution in [3.05, 3.63) is 35.4 Å². The average Bonchev–Trinajstić information content (AvgIpc) is 2.37. The molecule has 0 saturated heterocycles. The Morgan fingerprint density at radius 2 is 1.80 bits per heavy atom. The maximum Gasteiger partial charge on any atom is 0.325 e. The Morgan fingerprint density at radius 3 is 2.35 bits per heavy atom. The largest absolute Gasteiger partial charge is 0.465 e. The van der Waals surface area contributed by atoms with Crippen LogP contribution in [0.15, 0.2) is 24.3 Å². The van der Waals surface area contributed by atoms with Crippen LogP contribution in [-0.4, -0.2) is 37.0 Å². The third kappa shape index (κ3) is 4.08. The first kappa shape index (κ1) is 16.2. The number of nitrogens with zero attached hydrogens (tertiary/aromatic N) is 1. The summed E-state index contributed by atoms with van der Waals surface area (Å²) in [5, 5.41) is 0. The summed E-state index contributed by atoms with van der Waals surface area (Å²) in [7, 11) is 1.61. The molecule has 4 nitrogen and oxygen atoms in total. The Labute approximate surface area is 120 Å². The highest BCUT2D eigenvalue weighted by molar-refractivity contribution is 5.97. The Kier molecular flexibility index (Phi) is 5.31. The van der Waals surface area contributed by atoms with Crippen LogP contribution >= 0.6 is 0 Å². The van der Waals surface area contributed by atoms with Gasteiger partial charge in [-0.2, -0.15) is 0 Å². The second-order valence-electron chi connectivity index (χ2n) is 5.76. The predicted molar refractivity (Wildman–Crippen MR) is 78.7 cm³/mol. The van der Waals surface area contributed by atoms with Crippen molar-refractivity contribution in [1.82, 2.24) is 4.90 Å². The molecule has 1 aromatic rings. The highest BCUT2D eigenvalue weighted by Crippen LogP contribution is 2.26. The minimum Gasteiger partial charge on any atom is -0.465 e. The first-order chi connectivity index (χ1) is 9.27. The molecule has 0 fully saturated rings. The lowest BCUT2D eigenvalue weighted by atomic mass is 9.83. The minimum atomic E-state index is -0.392. The molecule has 0 N–H and O–H groups in total. The summed E-state index contributed by atoms with van der Waals surface area (Å²) in [6, 6.07) is 7.50. The number of benzene rings is 1. The van der Waals surface area contributed by atoms with E-state index in [1.165, 1.54) is 4.90 Å². The smallest absolute Gasteiger partial charge is 0.325 e. The normalized spacial score (nSPS) is 11.1. The molecule has 1 amide bonds. The number of hydrogen-bond donors (Lipinski definition) is 0. The molecule has 0 radical (unpaired) electrons. The van der Waals surface area contributed by atoms with Crippen molar-refractivity contribution in [2.75, 3.05) is 20.2 Å². The van der Waals surface area contributed by atoms with E-state index in [0.29, 0.717) is 12.2 Å².